The Kier molecular flexibility index (Phi) is 2.44. The van der Waals surface area contributed by atoms with Crippen LogP contribution in [-0.4, -0.2) is 9.97 Å². The summed E-state index contributed by atoms with van der Waals surface area (Å²) in [4.78, 5) is 9.15. The molecule has 96 valence electrons. The van der Waals surface area contributed by atoms with E-state index in [4.69, 9.17) is 10.7 Å². The maximum Gasteiger partial charge on any atom is 0.181 e. The minimum atomic E-state index is 0.591. The summed E-state index contributed by atoms with van der Waals surface area (Å²) in [6, 6.07) is 18.3. The van der Waals surface area contributed by atoms with E-state index in [0.29, 0.717) is 5.13 Å². The standard InChI is InChI=1S/C16H11N3S/c17-16-19-15-11(5-3-7-14(15)20-16)13-9-8-10-4-1-2-6-12(10)18-13/h1-9H,(H2,17,19). The van der Waals surface area contributed by atoms with Crippen molar-refractivity contribution in [3.8, 4) is 11.3 Å². The van der Waals surface area contributed by atoms with Crippen LogP contribution in [0.1, 0.15) is 0 Å². The summed E-state index contributed by atoms with van der Waals surface area (Å²) in [5, 5.41) is 1.73. The second kappa shape index (κ2) is 4.28. The molecule has 0 amide bonds. The van der Waals surface area contributed by atoms with E-state index in [9.17, 15) is 0 Å². The zero-order valence-electron chi connectivity index (χ0n) is 10.6. The number of nitrogen functional groups attached to an aromatic ring is 1. The van der Waals surface area contributed by atoms with E-state index in [2.05, 4.69) is 17.1 Å². The van der Waals surface area contributed by atoms with Gasteiger partial charge in [0.25, 0.3) is 0 Å². The fraction of sp³-hybridized carbons (Fsp3) is 0. The van der Waals surface area contributed by atoms with E-state index in [-0.39, 0.29) is 0 Å². The van der Waals surface area contributed by atoms with Gasteiger partial charge in [-0.15, -0.1) is 0 Å². The number of hydrogen-bond donors (Lipinski definition) is 1. The van der Waals surface area contributed by atoms with Crippen molar-refractivity contribution in [2.24, 2.45) is 0 Å². The SMILES string of the molecule is Nc1nc2c(-c3ccc4ccccc4n3)cccc2s1. The first-order valence-corrected chi connectivity index (χ1v) is 7.14. The first-order valence-electron chi connectivity index (χ1n) is 6.32. The molecule has 0 unspecified atom stereocenters. The number of para-hydroxylation sites is 2. The lowest BCUT2D eigenvalue weighted by molar-refractivity contribution is 1.39. The molecule has 0 saturated carbocycles. The van der Waals surface area contributed by atoms with Crippen LogP contribution in [0.2, 0.25) is 0 Å². The molecule has 0 aliphatic rings. The second-order valence-electron chi connectivity index (χ2n) is 4.59. The minimum Gasteiger partial charge on any atom is -0.375 e. The zero-order chi connectivity index (χ0) is 13.5. The third kappa shape index (κ3) is 1.73. The molecule has 3 nitrogen and oxygen atoms in total. The van der Waals surface area contributed by atoms with E-state index >= 15 is 0 Å². The normalized spacial score (nSPS) is 11.2. The Bertz CT molecular complexity index is 927. The van der Waals surface area contributed by atoms with E-state index in [0.717, 1.165) is 32.4 Å². The van der Waals surface area contributed by atoms with Crippen molar-refractivity contribution < 1.29 is 0 Å². The first-order chi connectivity index (χ1) is 9.81. The topological polar surface area (TPSA) is 51.8 Å². The highest BCUT2D eigenvalue weighted by molar-refractivity contribution is 7.22. The first kappa shape index (κ1) is 11.4. The molecule has 4 rings (SSSR count). The summed E-state index contributed by atoms with van der Waals surface area (Å²) in [5.74, 6) is 0. The maximum absolute atomic E-state index is 5.82. The minimum absolute atomic E-state index is 0.591. The van der Waals surface area contributed by atoms with E-state index in [1.807, 2.05) is 42.5 Å². The Morgan fingerprint density at radius 1 is 0.850 bits per heavy atom. The molecule has 2 heterocycles. The summed E-state index contributed by atoms with van der Waals surface area (Å²) in [6.45, 7) is 0. The second-order valence-corrected chi connectivity index (χ2v) is 5.66. The number of anilines is 1. The molecule has 4 heteroatoms. The molecule has 0 fully saturated rings. The van der Waals surface area contributed by atoms with Crippen LogP contribution >= 0.6 is 11.3 Å². The number of benzene rings is 2. The molecule has 4 aromatic rings. The lowest BCUT2D eigenvalue weighted by atomic mass is 10.1. The van der Waals surface area contributed by atoms with Gasteiger partial charge in [0.05, 0.1) is 21.4 Å². The molecule has 0 saturated heterocycles. The van der Waals surface area contributed by atoms with Crippen molar-refractivity contribution in [3.05, 3.63) is 54.6 Å². The Hall–Kier alpha value is -2.46. The molecule has 2 aromatic carbocycles. The predicted molar refractivity (Wildman–Crippen MR) is 84.8 cm³/mol. The lowest BCUT2D eigenvalue weighted by Crippen LogP contribution is -1.87. The summed E-state index contributed by atoms with van der Waals surface area (Å²) in [7, 11) is 0. The molecule has 20 heavy (non-hydrogen) atoms. The monoisotopic (exact) mass is 277 g/mol. The van der Waals surface area contributed by atoms with Gasteiger partial charge in [-0.2, -0.15) is 0 Å². The smallest absolute Gasteiger partial charge is 0.181 e. The number of fused-ring (bicyclic) bond motifs is 2. The molecular formula is C16H11N3S. The highest BCUT2D eigenvalue weighted by atomic mass is 32.1. The molecule has 0 aliphatic heterocycles. The van der Waals surface area contributed by atoms with Crippen LogP contribution in [-0.2, 0) is 0 Å². The summed E-state index contributed by atoms with van der Waals surface area (Å²) >= 11 is 1.50. The van der Waals surface area contributed by atoms with Crippen molar-refractivity contribution in [2.45, 2.75) is 0 Å². The number of thiazole rings is 1. The number of aromatic nitrogens is 2. The van der Waals surface area contributed by atoms with Gasteiger partial charge in [0.2, 0.25) is 0 Å². The number of nitrogens with two attached hydrogens (primary N) is 1. The lowest BCUT2D eigenvalue weighted by Gasteiger charge is -2.04. The van der Waals surface area contributed by atoms with E-state index in [1.54, 1.807) is 0 Å². The van der Waals surface area contributed by atoms with Crippen LogP contribution in [0, 0.1) is 0 Å². The van der Waals surface area contributed by atoms with E-state index in [1.165, 1.54) is 11.3 Å². The molecule has 0 aliphatic carbocycles. The van der Waals surface area contributed by atoms with Crippen LogP contribution in [0.25, 0.3) is 32.4 Å². The number of rotatable bonds is 1. The van der Waals surface area contributed by atoms with Gasteiger partial charge < -0.3 is 5.73 Å². The van der Waals surface area contributed by atoms with Gasteiger partial charge in [-0.05, 0) is 18.2 Å². The van der Waals surface area contributed by atoms with Crippen LogP contribution in [0.3, 0.4) is 0 Å². The third-order valence-electron chi connectivity index (χ3n) is 3.31. The highest BCUT2D eigenvalue weighted by Gasteiger charge is 2.09. The average molecular weight is 277 g/mol. The highest BCUT2D eigenvalue weighted by Crippen LogP contribution is 2.32. The molecule has 2 aromatic heterocycles. The largest absolute Gasteiger partial charge is 0.375 e. The van der Waals surface area contributed by atoms with Gasteiger partial charge in [0.1, 0.15) is 0 Å². The predicted octanol–water partition coefficient (Wildman–Crippen LogP) is 4.09. The number of nitrogens with zero attached hydrogens (tertiary/aromatic N) is 2. The maximum atomic E-state index is 5.82. The van der Waals surface area contributed by atoms with Crippen molar-refractivity contribution in [2.75, 3.05) is 5.73 Å². The fourth-order valence-electron chi connectivity index (χ4n) is 2.39. The van der Waals surface area contributed by atoms with Gasteiger partial charge in [-0.3, -0.25) is 0 Å². The molecule has 2 N–H and O–H groups in total. The van der Waals surface area contributed by atoms with Crippen molar-refractivity contribution in [1.82, 2.24) is 9.97 Å². The van der Waals surface area contributed by atoms with Crippen LogP contribution in [0.4, 0.5) is 5.13 Å². The van der Waals surface area contributed by atoms with Gasteiger partial charge in [-0.1, -0.05) is 47.7 Å². The Balaban J connectivity index is 2.00. The fourth-order valence-corrected chi connectivity index (χ4v) is 3.15. The Labute approximate surface area is 119 Å². The summed E-state index contributed by atoms with van der Waals surface area (Å²) in [5.41, 5.74) is 9.69. The molecular weight excluding hydrogens is 266 g/mol. The zero-order valence-corrected chi connectivity index (χ0v) is 11.4. The van der Waals surface area contributed by atoms with Gasteiger partial charge >= 0.3 is 0 Å². The number of hydrogen-bond acceptors (Lipinski definition) is 4. The van der Waals surface area contributed by atoms with Crippen LogP contribution < -0.4 is 5.73 Å². The van der Waals surface area contributed by atoms with Gasteiger partial charge in [0.15, 0.2) is 5.13 Å². The van der Waals surface area contributed by atoms with Crippen molar-refractivity contribution in [1.29, 1.82) is 0 Å². The molecule has 0 atom stereocenters. The number of pyridine rings is 1. The van der Waals surface area contributed by atoms with Crippen molar-refractivity contribution in [3.63, 3.8) is 0 Å². The average Bonchev–Trinajstić information content (AvgIpc) is 2.86. The molecule has 0 bridgehead atoms. The summed E-state index contributed by atoms with van der Waals surface area (Å²) < 4.78 is 1.09. The Morgan fingerprint density at radius 3 is 2.70 bits per heavy atom. The van der Waals surface area contributed by atoms with E-state index < -0.39 is 0 Å². The molecule has 0 spiro atoms. The van der Waals surface area contributed by atoms with Crippen LogP contribution in [0.15, 0.2) is 54.6 Å². The quantitative estimate of drug-likeness (QED) is 0.570. The van der Waals surface area contributed by atoms with Gasteiger partial charge in [-0.25, -0.2) is 9.97 Å². The van der Waals surface area contributed by atoms with Crippen molar-refractivity contribution >= 4 is 37.6 Å². The van der Waals surface area contributed by atoms with Crippen LogP contribution in [0.5, 0.6) is 0 Å². The third-order valence-corrected chi connectivity index (χ3v) is 4.16. The van der Waals surface area contributed by atoms with Gasteiger partial charge in [0, 0.05) is 10.9 Å². The molecule has 0 radical (unpaired) electrons. The Morgan fingerprint density at radius 2 is 1.75 bits per heavy atom. The summed E-state index contributed by atoms with van der Waals surface area (Å²) in [6.07, 6.45) is 0.